The Labute approximate surface area is 234 Å². The van der Waals surface area contributed by atoms with Gasteiger partial charge in [0.25, 0.3) is 0 Å². The quantitative estimate of drug-likeness (QED) is 0.0956. The normalized spacial score (nSPS) is 16.6. The molecule has 10 nitrogen and oxygen atoms in total. The maximum atomic E-state index is 13.0. The molecule has 12 heteroatoms. The van der Waals surface area contributed by atoms with E-state index in [0.717, 1.165) is 29.9 Å². The SMILES string of the molecule is C/C(N)=N/N(N)Cc1cc(Cl)ccc1/C=C/C(=O)N1CCN(Cc2ccc(OCCOCCF)cn2)C[C@H]1C. The molecule has 1 fully saturated rings. The van der Waals surface area contributed by atoms with E-state index in [1.54, 1.807) is 37.4 Å². The maximum absolute atomic E-state index is 13.0. The van der Waals surface area contributed by atoms with E-state index >= 15 is 0 Å². The van der Waals surface area contributed by atoms with Crippen molar-refractivity contribution in [2.24, 2.45) is 16.7 Å². The van der Waals surface area contributed by atoms with Crippen molar-refractivity contribution in [1.82, 2.24) is 19.9 Å². The van der Waals surface area contributed by atoms with Crippen LogP contribution in [0.25, 0.3) is 6.08 Å². The van der Waals surface area contributed by atoms with Crippen LogP contribution < -0.4 is 16.3 Å². The van der Waals surface area contributed by atoms with Crippen molar-refractivity contribution in [1.29, 1.82) is 0 Å². The molecule has 1 atom stereocenters. The molecule has 1 aliphatic heterocycles. The number of amides is 1. The van der Waals surface area contributed by atoms with Gasteiger partial charge in [0, 0.05) is 43.3 Å². The second kappa shape index (κ2) is 15.4. The zero-order valence-electron chi connectivity index (χ0n) is 22.4. The fourth-order valence-electron chi connectivity index (χ4n) is 4.24. The summed E-state index contributed by atoms with van der Waals surface area (Å²) < 4.78 is 22.7. The van der Waals surface area contributed by atoms with Crippen LogP contribution >= 0.6 is 11.6 Å². The van der Waals surface area contributed by atoms with Crippen LogP contribution in [0.3, 0.4) is 0 Å². The molecule has 4 N–H and O–H groups in total. The van der Waals surface area contributed by atoms with Crippen molar-refractivity contribution in [2.75, 3.05) is 46.1 Å². The number of nitrogens with zero attached hydrogens (tertiary/aromatic N) is 5. The maximum Gasteiger partial charge on any atom is 0.246 e. The van der Waals surface area contributed by atoms with Crippen LogP contribution in [-0.4, -0.2) is 83.8 Å². The molecule has 0 saturated carbocycles. The number of ether oxygens (including phenoxy) is 2. The lowest BCUT2D eigenvalue weighted by atomic mass is 10.1. The fraction of sp³-hybridized carbons (Fsp3) is 0.444. The highest BCUT2D eigenvalue weighted by Crippen LogP contribution is 2.20. The number of amidine groups is 1. The summed E-state index contributed by atoms with van der Waals surface area (Å²) >= 11 is 6.17. The van der Waals surface area contributed by atoms with E-state index in [-0.39, 0.29) is 25.1 Å². The van der Waals surface area contributed by atoms with Gasteiger partial charge in [-0.25, -0.2) is 15.4 Å². The van der Waals surface area contributed by atoms with E-state index < -0.39 is 6.67 Å². The number of hydrogen-bond donors (Lipinski definition) is 2. The highest BCUT2D eigenvalue weighted by atomic mass is 35.5. The third-order valence-electron chi connectivity index (χ3n) is 6.02. The van der Waals surface area contributed by atoms with Crippen molar-refractivity contribution in [3.05, 3.63) is 64.4 Å². The highest BCUT2D eigenvalue weighted by Gasteiger charge is 2.26. The molecule has 212 valence electrons. The molecule has 3 rings (SSSR count). The second-order valence-corrected chi connectivity index (χ2v) is 9.70. The highest BCUT2D eigenvalue weighted by molar-refractivity contribution is 6.30. The number of hydrazine groups is 1. The van der Waals surface area contributed by atoms with Gasteiger partial charge < -0.3 is 20.1 Å². The Morgan fingerprint density at radius 1 is 1.28 bits per heavy atom. The molecule has 1 saturated heterocycles. The molecular weight excluding hydrogens is 525 g/mol. The molecule has 0 aliphatic carbocycles. The largest absolute Gasteiger partial charge is 0.490 e. The third-order valence-corrected chi connectivity index (χ3v) is 6.26. The summed E-state index contributed by atoms with van der Waals surface area (Å²) in [5.41, 5.74) is 8.18. The average Bonchev–Trinajstić information content (AvgIpc) is 2.88. The van der Waals surface area contributed by atoms with Crippen LogP contribution in [0.2, 0.25) is 5.02 Å². The van der Waals surface area contributed by atoms with Gasteiger partial charge in [0.2, 0.25) is 5.91 Å². The van der Waals surface area contributed by atoms with Crippen LogP contribution in [0.1, 0.15) is 30.7 Å². The molecular formula is C27H37ClFN7O3. The van der Waals surface area contributed by atoms with E-state index in [1.165, 1.54) is 5.12 Å². The Bertz CT molecular complexity index is 1130. The van der Waals surface area contributed by atoms with Crippen LogP contribution in [0.4, 0.5) is 4.39 Å². The molecule has 39 heavy (non-hydrogen) atoms. The number of aromatic nitrogens is 1. The lowest BCUT2D eigenvalue weighted by molar-refractivity contribution is -0.130. The summed E-state index contributed by atoms with van der Waals surface area (Å²) in [5, 5.41) is 5.82. The fourth-order valence-corrected chi connectivity index (χ4v) is 4.44. The summed E-state index contributed by atoms with van der Waals surface area (Å²) in [6.07, 6.45) is 5.04. The van der Waals surface area contributed by atoms with Gasteiger partial charge in [0.05, 0.1) is 31.6 Å². The smallest absolute Gasteiger partial charge is 0.246 e. The number of benzene rings is 1. The lowest BCUT2D eigenvalue weighted by Gasteiger charge is -2.39. The summed E-state index contributed by atoms with van der Waals surface area (Å²) in [5.74, 6) is 6.85. The van der Waals surface area contributed by atoms with E-state index in [4.69, 9.17) is 32.7 Å². The van der Waals surface area contributed by atoms with Crippen LogP contribution in [0.15, 0.2) is 47.7 Å². The van der Waals surface area contributed by atoms with Crippen molar-refractivity contribution in [3.63, 3.8) is 0 Å². The summed E-state index contributed by atoms with van der Waals surface area (Å²) in [6.45, 7) is 6.99. The summed E-state index contributed by atoms with van der Waals surface area (Å²) in [7, 11) is 0. The number of alkyl halides is 1. The van der Waals surface area contributed by atoms with Crippen LogP contribution in [-0.2, 0) is 22.6 Å². The molecule has 1 amide bonds. The molecule has 0 unspecified atom stereocenters. The average molecular weight is 562 g/mol. The van der Waals surface area contributed by atoms with Crippen molar-refractivity contribution in [2.45, 2.75) is 33.0 Å². The van der Waals surface area contributed by atoms with E-state index in [0.29, 0.717) is 42.9 Å². The van der Waals surface area contributed by atoms with Gasteiger partial charge in [0.1, 0.15) is 24.9 Å². The summed E-state index contributed by atoms with van der Waals surface area (Å²) in [4.78, 5) is 21.7. The summed E-state index contributed by atoms with van der Waals surface area (Å²) in [6, 6.07) is 9.24. The van der Waals surface area contributed by atoms with Gasteiger partial charge in [-0.2, -0.15) is 0 Å². The van der Waals surface area contributed by atoms with Crippen LogP contribution in [0.5, 0.6) is 5.75 Å². The first-order valence-corrected chi connectivity index (χ1v) is 13.2. The topological polar surface area (TPSA) is 123 Å². The Morgan fingerprint density at radius 3 is 2.79 bits per heavy atom. The van der Waals surface area contributed by atoms with Gasteiger partial charge in [-0.1, -0.05) is 17.7 Å². The van der Waals surface area contributed by atoms with Gasteiger partial charge in [-0.05, 0) is 55.3 Å². The Hall–Kier alpha value is -3.25. The van der Waals surface area contributed by atoms with Crippen LogP contribution in [0, 0.1) is 0 Å². The number of carbonyl (C=O) groups is 1. The van der Waals surface area contributed by atoms with Gasteiger partial charge in [-0.3, -0.25) is 14.7 Å². The van der Waals surface area contributed by atoms with E-state index in [1.807, 2.05) is 30.0 Å². The van der Waals surface area contributed by atoms with Crippen molar-refractivity contribution < 1.29 is 18.7 Å². The van der Waals surface area contributed by atoms with E-state index in [2.05, 4.69) is 15.0 Å². The first-order valence-electron chi connectivity index (χ1n) is 12.8. The van der Waals surface area contributed by atoms with Gasteiger partial charge in [-0.15, -0.1) is 5.10 Å². The van der Waals surface area contributed by atoms with Crippen molar-refractivity contribution in [3.8, 4) is 5.75 Å². The number of piperazine rings is 1. The third kappa shape index (κ3) is 10.1. The van der Waals surface area contributed by atoms with Crippen molar-refractivity contribution >= 4 is 29.4 Å². The molecule has 1 aliphatic rings. The molecule has 1 aromatic heterocycles. The molecule has 0 radical (unpaired) electrons. The first-order chi connectivity index (χ1) is 18.7. The molecule has 2 heterocycles. The Kier molecular flexibility index (Phi) is 11.9. The molecule has 0 bridgehead atoms. The first kappa shape index (κ1) is 30.3. The predicted octanol–water partition coefficient (Wildman–Crippen LogP) is 2.81. The van der Waals surface area contributed by atoms with Gasteiger partial charge >= 0.3 is 0 Å². The number of halogens is 2. The standard InChI is InChI=1S/C27H37ClFN7O3/c1-20-17-34(19-25-6-7-26(16-32-25)39-14-13-38-12-9-29)10-11-35(20)27(37)8-4-22-3-5-24(28)15-23(22)18-36(31)33-21(2)30/h3-8,15-16,20H,9-14,17-19,31H2,1-2H3,(H2,30,33)/b8-4+/t20-/m1/s1. The lowest BCUT2D eigenvalue weighted by Crippen LogP contribution is -2.53. The second-order valence-electron chi connectivity index (χ2n) is 9.27. The minimum absolute atomic E-state index is 0.0360. The molecule has 2 aromatic rings. The predicted molar refractivity (Wildman–Crippen MR) is 150 cm³/mol. The number of carbonyl (C=O) groups excluding carboxylic acids is 1. The zero-order chi connectivity index (χ0) is 28.2. The Balaban J connectivity index is 1.51. The molecule has 1 aromatic carbocycles. The number of rotatable bonds is 13. The zero-order valence-corrected chi connectivity index (χ0v) is 23.2. The minimum Gasteiger partial charge on any atom is -0.490 e. The number of hydrogen-bond acceptors (Lipinski definition) is 8. The van der Waals surface area contributed by atoms with E-state index in [9.17, 15) is 9.18 Å². The Morgan fingerprint density at radius 2 is 2.10 bits per heavy atom. The number of hydrazone groups is 1. The molecule has 0 spiro atoms. The number of nitrogens with two attached hydrogens (primary N) is 2. The minimum atomic E-state index is -0.502. The number of pyridine rings is 1. The monoisotopic (exact) mass is 561 g/mol. The van der Waals surface area contributed by atoms with Gasteiger partial charge in [0.15, 0.2) is 0 Å².